The number of nitrogens with one attached hydrogen (secondary N) is 1. The molecule has 2 aromatic heterocycles. The summed E-state index contributed by atoms with van der Waals surface area (Å²) in [6, 6.07) is 3.98. The Labute approximate surface area is 202 Å². The standard InChI is InChI=1S/C26H37N5O3/c1-19(2)8-11-30-17-21(24(33)28-26(3,4)5)23(32)22(18-30)25(34)31-14-12-29(13-15-31)16-20-6-9-27-10-7-20/h6-7,9-10,17-19H,8,11-16H2,1-5H3,(H,28,33). The van der Waals surface area contributed by atoms with Gasteiger partial charge in [0.2, 0.25) is 5.43 Å². The van der Waals surface area contributed by atoms with Crippen LogP contribution in [0.5, 0.6) is 0 Å². The second-order valence-electron chi connectivity index (χ2n) is 10.5. The van der Waals surface area contributed by atoms with Gasteiger partial charge in [0.05, 0.1) is 0 Å². The number of aromatic nitrogens is 2. The van der Waals surface area contributed by atoms with E-state index in [4.69, 9.17) is 0 Å². The maximum Gasteiger partial charge on any atom is 0.259 e. The number of amides is 2. The molecule has 0 atom stereocenters. The van der Waals surface area contributed by atoms with Gasteiger partial charge in [-0.25, -0.2) is 0 Å². The van der Waals surface area contributed by atoms with Gasteiger partial charge in [0, 0.05) is 69.6 Å². The second kappa shape index (κ2) is 11.0. The molecule has 34 heavy (non-hydrogen) atoms. The highest BCUT2D eigenvalue weighted by atomic mass is 16.2. The van der Waals surface area contributed by atoms with Crippen LogP contribution in [0, 0.1) is 5.92 Å². The lowest BCUT2D eigenvalue weighted by Crippen LogP contribution is -2.49. The average Bonchev–Trinajstić information content (AvgIpc) is 2.78. The lowest BCUT2D eigenvalue weighted by Gasteiger charge is -2.34. The Kier molecular flexibility index (Phi) is 8.25. The molecule has 0 spiro atoms. The average molecular weight is 468 g/mol. The highest BCUT2D eigenvalue weighted by Crippen LogP contribution is 2.12. The van der Waals surface area contributed by atoms with E-state index in [1.807, 2.05) is 37.5 Å². The van der Waals surface area contributed by atoms with Crippen LogP contribution in [0.15, 0.2) is 41.7 Å². The largest absolute Gasteiger partial charge is 0.352 e. The van der Waals surface area contributed by atoms with Crippen molar-refractivity contribution in [3.05, 3.63) is 63.8 Å². The molecule has 0 aromatic carbocycles. The van der Waals surface area contributed by atoms with Gasteiger partial charge < -0.3 is 14.8 Å². The number of carbonyl (C=O) groups is 2. The van der Waals surface area contributed by atoms with Crippen molar-refractivity contribution in [2.75, 3.05) is 26.2 Å². The molecular weight excluding hydrogens is 430 g/mol. The van der Waals surface area contributed by atoms with E-state index in [1.54, 1.807) is 29.7 Å². The molecule has 3 rings (SSSR count). The molecule has 1 saturated heterocycles. The third kappa shape index (κ3) is 7.00. The minimum atomic E-state index is -0.508. The molecule has 0 saturated carbocycles. The predicted molar refractivity (Wildman–Crippen MR) is 133 cm³/mol. The maximum atomic E-state index is 13.4. The van der Waals surface area contributed by atoms with Crippen LogP contribution in [-0.4, -0.2) is 62.9 Å². The Balaban J connectivity index is 1.79. The van der Waals surface area contributed by atoms with Crippen molar-refractivity contribution in [1.29, 1.82) is 0 Å². The number of nitrogens with zero attached hydrogens (tertiary/aromatic N) is 4. The number of piperazine rings is 1. The summed E-state index contributed by atoms with van der Waals surface area (Å²) >= 11 is 0. The van der Waals surface area contributed by atoms with E-state index in [9.17, 15) is 14.4 Å². The van der Waals surface area contributed by atoms with E-state index >= 15 is 0 Å². The number of hydrogen-bond acceptors (Lipinski definition) is 5. The summed E-state index contributed by atoms with van der Waals surface area (Å²) in [4.78, 5) is 47.6. The fourth-order valence-electron chi connectivity index (χ4n) is 3.92. The molecule has 1 aliphatic heterocycles. The van der Waals surface area contributed by atoms with Crippen molar-refractivity contribution in [2.24, 2.45) is 5.92 Å². The van der Waals surface area contributed by atoms with Crippen molar-refractivity contribution in [1.82, 2.24) is 24.7 Å². The topological polar surface area (TPSA) is 87.5 Å². The van der Waals surface area contributed by atoms with E-state index in [1.165, 1.54) is 5.56 Å². The summed E-state index contributed by atoms with van der Waals surface area (Å²) in [6.45, 7) is 13.8. The normalized spacial score (nSPS) is 14.9. The van der Waals surface area contributed by atoms with Gasteiger partial charge in [-0.15, -0.1) is 0 Å². The van der Waals surface area contributed by atoms with E-state index in [2.05, 4.69) is 29.0 Å². The van der Waals surface area contributed by atoms with Crippen LogP contribution < -0.4 is 10.7 Å². The fourth-order valence-corrected chi connectivity index (χ4v) is 3.92. The summed E-state index contributed by atoms with van der Waals surface area (Å²) in [5.74, 6) is -0.302. The van der Waals surface area contributed by atoms with Crippen LogP contribution in [0.1, 0.15) is 67.3 Å². The predicted octanol–water partition coefficient (Wildman–Crippen LogP) is 2.78. The van der Waals surface area contributed by atoms with E-state index in [0.29, 0.717) is 25.6 Å². The zero-order chi connectivity index (χ0) is 24.9. The zero-order valence-electron chi connectivity index (χ0n) is 21.0. The number of rotatable bonds is 7. The highest BCUT2D eigenvalue weighted by Gasteiger charge is 2.27. The minimum absolute atomic E-state index is 0.0147. The van der Waals surface area contributed by atoms with E-state index in [-0.39, 0.29) is 17.0 Å². The van der Waals surface area contributed by atoms with Crippen LogP contribution in [0.3, 0.4) is 0 Å². The van der Waals surface area contributed by atoms with Crippen LogP contribution >= 0.6 is 0 Å². The summed E-state index contributed by atoms with van der Waals surface area (Å²) in [7, 11) is 0. The zero-order valence-corrected chi connectivity index (χ0v) is 21.0. The molecule has 1 fully saturated rings. The van der Waals surface area contributed by atoms with E-state index in [0.717, 1.165) is 26.1 Å². The fraction of sp³-hybridized carbons (Fsp3) is 0.538. The summed E-state index contributed by atoms with van der Waals surface area (Å²) < 4.78 is 1.81. The van der Waals surface area contributed by atoms with Gasteiger partial charge in [0.1, 0.15) is 11.1 Å². The summed E-state index contributed by atoms with van der Waals surface area (Å²) in [5.41, 5.74) is 0.262. The number of aryl methyl sites for hydroxylation is 1. The molecule has 1 aliphatic rings. The molecule has 3 heterocycles. The first-order valence-corrected chi connectivity index (χ1v) is 12.0. The van der Waals surface area contributed by atoms with Crippen molar-refractivity contribution in [2.45, 2.75) is 59.7 Å². The SMILES string of the molecule is CC(C)CCn1cc(C(=O)NC(C)(C)C)c(=O)c(C(=O)N2CCN(Cc3ccncc3)CC2)c1. The first kappa shape index (κ1) is 25.6. The van der Waals surface area contributed by atoms with Crippen LogP contribution in [-0.2, 0) is 13.1 Å². The van der Waals surface area contributed by atoms with Crippen LogP contribution in [0.2, 0.25) is 0 Å². The van der Waals surface area contributed by atoms with Gasteiger partial charge in [0.15, 0.2) is 0 Å². The lowest BCUT2D eigenvalue weighted by molar-refractivity contribution is 0.0626. The quantitative estimate of drug-likeness (QED) is 0.677. The Morgan fingerprint density at radius 3 is 2.24 bits per heavy atom. The Hall–Kier alpha value is -3.00. The number of pyridine rings is 2. The molecule has 0 aliphatic carbocycles. The summed E-state index contributed by atoms with van der Waals surface area (Å²) in [5, 5.41) is 2.85. The Bertz CT molecular complexity index is 1050. The molecule has 2 amide bonds. The molecule has 0 bridgehead atoms. The monoisotopic (exact) mass is 467 g/mol. The molecule has 8 nitrogen and oxygen atoms in total. The van der Waals surface area contributed by atoms with Gasteiger partial charge in [0.25, 0.3) is 11.8 Å². The number of carbonyl (C=O) groups excluding carboxylic acids is 2. The Morgan fingerprint density at radius 1 is 1.03 bits per heavy atom. The van der Waals surface area contributed by atoms with Crippen molar-refractivity contribution >= 4 is 11.8 Å². The molecular formula is C26H37N5O3. The van der Waals surface area contributed by atoms with Gasteiger partial charge >= 0.3 is 0 Å². The van der Waals surface area contributed by atoms with Gasteiger partial charge in [-0.1, -0.05) is 13.8 Å². The smallest absolute Gasteiger partial charge is 0.259 e. The second-order valence-corrected chi connectivity index (χ2v) is 10.5. The molecule has 2 aromatic rings. The number of hydrogen-bond donors (Lipinski definition) is 1. The molecule has 0 unspecified atom stereocenters. The van der Waals surface area contributed by atoms with Gasteiger partial charge in [-0.3, -0.25) is 24.3 Å². The van der Waals surface area contributed by atoms with E-state index < -0.39 is 16.9 Å². The third-order valence-corrected chi connectivity index (χ3v) is 5.82. The molecule has 1 N–H and O–H groups in total. The summed E-state index contributed by atoms with van der Waals surface area (Å²) in [6.07, 6.45) is 7.63. The van der Waals surface area contributed by atoms with Gasteiger partial charge in [-0.05, 0) is 50.8 Å². The van der Waals surface area contributed by atoms with Crippen molar-refractivity contribution in [3.63, 3.8) is 0 Å². The van der Waals surface area contributed by atoms with Crippen molar-refractivity contribution in [3.8, 4) is 0 Å². The van der Waals surface area contributed by atoms with Crippen molar-refractivity contribution < 1.29 is 9.59 Å². The minimum Gasteiger partial charge on any atom is -0.352 e. The van der Waals surface area contributed by atoms with Crippen LogP contribution in [0.25, 0.3) is 0 Å². The third-order valence-electron chi connectivity index (χ3n) is 5.82. The maximum absolute atomic E-state index is 13.4. The first-order chi connectivity index (χ1) is 16.0. The first-order valence-electron chi connectivity index (χ1n) is 12.0. The highest BCUT2D eigenvalue weighted by molar-refractivity contribution is 5.99. The van der Waals surface area contributed by atoms with Crippen LogP contribution in [0.4, 0.5) is 0 Å². The van der Waals surface area contributed by atoms with Gasteiger partial charge in [-0.2, -0.15) is 0 Å². The Morgan fingerprint density at radius 2 is 1.65 bits per heavy atom. The molecule has 184 valence electrons. The molecule has 0 radical (unpaired) electrons. The lowest BCUT2D eigenvalue weighted by atomic mass is 10.1. The molecule has 8 heteroatoms.